The maximum absolute atomic E-state index is 12.2. The van der Waals surface area contributed by atoms with Gasteiger partial charge in [-0.1, -0.05) is 12.1 Å². The van der Waals surface area contributed by atoms with Crippen LogP contribution in [0.1, 0.15) is 0 Å². The zero-order valence-corrected chi connectivity index (χ0v) is 10.0. The number of nitrogens with zero attached hydrogens (tertiary/aromatic N) is 2. The second-order valence-electron chi connectivity index (χ2n) is 4.42. The lowest BCUT2D eigenvalue weighted by Gasteiger charge is -2.24. The van der Waals surface area contributed by atoms with Crippen molar-refractivity contribution in [1.82, 2.24) is 14.9 Å². The molecule has 0 amide bonds. The van der Waals surface area contributed by atoms with Crippen LogP contribution in [0.3, 0.4) is 0 Å². The SMILES string of the molecule is O=c1c2ccccc2ncn1CC1CNCCO1. The van der Waals surface area contributed by atoms with Gasteiger partial charge in [-0.25, -0.2) is 4.98 Å². The molecule has 1 aromatic heterocycles. The maximum Gasteiger partial charge on any atom is 0.261 e. The molecule has 1 unspecified atom stereocenters. The van der Waals surface area contributed by atoms with Crippen LogP contribution in [0.15, 0.2) is 35.4 Å². The fourth-order valence-electron chi connectivity index (χ4n) is 2.19. The Morgan fingerprint density at radius 1 is 1.44 bits per heavy atom. The highest BCUT2D eigenvalue weighted by molar-refractivity contribution is 5.76. The Balaban J connectivity index is 1.92. The molecule has 5 heteroatoms. The number of benzene rings is 1. The predicted molar refractivity (Wildman–Crippen MR) is 68.6 cm³/mol. The van der Waals surface area contributed by atoms with Crippen molar-refractivity contribution in [1.29, 1.82) is 0 Å². The number of morpholine rings is 1. The quantitative estimate of drug-likeness (QED) is 0.831. The standard InChI is InChI=1S/C13H15N3O2/c17-13-11-3-1-2-4-12(11)15-9-16(13)8-10-7-14-5-6-18-10/h1-4,9-10,14H,5-8H2. The van der Waals surface area contributed by atoms with Crippen molar-refractivity contribution in [2.24, 2.45) is 0 Å². The average Bonchev–Trinajstić information content (AvgIpc) is 2.43. The van der Waals surface area contributed by atoms with Crippen molar-refractivity contribution in [3.05, 3.63) is 40.9 Å². The van der Waals surface area contributed by atoms with Crippen molar-refractivity contribution < 1.29 is 4.74 Å². The number of rotatable bonds is 2. The first kappa shape index (κ1) is 11.4. The Morgan fingerprint density at radius 2 is 2.33 bits per heavy atom. The van der Waals surface area contributed by atoms with Gasteiger partial charge in [0, 0.05) is 13.1 Å². The number of para-hydroxylation sites is 1. The van der Waals surface area contributed by atoms with Gasteiger partial charge in [0.15, 0.2) is 0 Å². The van der Waals surface area contributed by atoms with Crippen LogP contribution < -0.4 is 10.9 Å². The summed E-state index contributed by atoms with van der Waals surface area (Å²) in [6.45, 7) is 2.89. The summed E-state index contributed by atoms with van der Waals surface area (Å²) in [5, 5.41) is 3.91. The molecule has 0 radical (unpaired) electrons. The molecule has 94 valence electrons. The molecule has 1 fully saturated rings. The summed E-state index contributed by atoms with van der Waals surface area (Å²) >= 11 is 0. The largest absolute Gasteiger partial charge is 0.374 e. The zero-order valence-electron chi connectivity index (χ0n) is 10.0. The van der Waals surface area contributed by atoms with Gasteiger partial charge in [-0.2, -0.15) is 0 Å². The fourth-order valence-corrected chi connectivity index (χ4v) is 2.19. The van der Waals surface area contributed by atoms with Crippen LogP contribution in [0.4, 0.5) is 0 Å². The van der Waals surface area contributed by atoms with Gasteiger partial charge in [-0.15, -0.1) is 0 Å². The molecule has 1 aliphatic heterocycles. The van der Waals surface area contributed by atoms with Crippen LogP contribution in [-0.2, 0) is 11.3 Å². The van der Waals surface area contributed by atoms with Crippen molar-refractivity contribution in [3.63, 3.8) is 0 Å². The van der Waals surface area contributed by atoms with Crippen molar-refractivity contribution in [2.45, 2.75) is 12.6 Å². The van der Waals surface area contributed by atoms with E-state index in [1.165, 1.54) is 0 Å². The average molecular weight is 245 g/mol. The van der Waals surface area contributed by atoms with E-state index < -0.39 is 0 Å². The number of aromatic nitrogens is 2. The van der Waals surface area contributed by atoms with Gasteiger partial charge in [0.25, 0.3) is 5.56 Å². The highest BCUT2D eigenvalue weighted by Gasteiger charge is 2.15. The molecule has 2 heterocycles. The molecule has 0 bridgehead atoms. The molecule has 18 heavy (non-hydrogen) atoms. The van der Waals surface area contributed by atoms with E-state index in [4.69, 9.17) is 4.74 Å². The minimum atomic E-state index is -0.00484. The van der Waals surface area contributed by atoms with Crippen molar-refractivity contribution in [2.75, 3.05) is 19.7 Å². The Labute approximate surface area is 104 Å². The third-order valence-electron chi connectivity index (χ3n) is 3.14. The van der Waals surface area contributed by atoms with Crippen molar-refractivity contribution >= 4 is 10.9 Å². The van der Waals surface area contributed by atoms with Gasteiger partial charge in [-0.05, 0) is 12.1 Å². The van der Waals surface area contributed by atoms with Gasteiger partial charge in [0.05, 0.1) is 36.5 Å². The highest BCUT2D eigenvalue weighted by Crippen LogP contribution is 2.06. The third kappa shape index (κ3) is 2.14. The van der Waals surface area contributed by atoms with Crippen LogP contribution in [0.2, 0.25) is 0 Å². The van der Waals surface area contributed by atoms with Crippen LogP contribution in [0.5, 0.6) is 0 Å². The molecule has 0 saturated carbocycles. The molecule has 3 rings (SSSR count). The van der Waals surface area contributed by atoms with E-state index in [2.05, 4.69) is 10.3 Å². The minimum absolute atomic E-state index is 0.00484. The molecule has 1 atom stereocenters. The molecule has 1 saturated heterocycles. The first-order chi connectivity index (χ1) is 8.84. The first-order valence-corrected chi connectivity index (χ1v) is 6.11. The monoisotopic (exact) mass is 245 g/mol. The third-order valence-corrected chi connectivity index (χ3v) is 3.14. The van der Waals surface area contributed by atoms with Gasteiger partial charge >= 0.3 is 0 Å². The topological polar surface area (TPSA) is 56.2 Å². The minimum Gasteiger partial charge on any atom is -0.374 e. The molecule has 1 aromatic carbocycles. The summed E-state index contributed by atoms with van der Waals surface area (Å²) in [7, 11) is 0. The molecule has 0 aliphatic carbocycles. The smallest absolute Gasteiger partial charge is 0.261 e. The zero-order chi connectivity index (χ0) is 12.4. The summed E-state index contributed by atoms with van der Waals surface area (Å²) < 4.78 is 7.22. The number of ether oxygens (including phenoxy) is 1. The van der Waals surface area contributed by atoms with E-state index in [0.717, 1.165) is 18.6 Å². The number of fused-ring (bicyclic) bond motifs is 1. The van der Waals surface area contributed by atoms with Crippen molar-refractivity contribution in [3.8, 4) is 0 Å². The van der Waals surface area contributed by atoms with Gasteiger partial charge in [-0.3, -0.25) is 9.36 Å². The summed E-state index contributed by atoms with van der Waals surface area (Å²) in [4.78, 5) is 16.5. The van der Waals surface area contributed by atoms with E-state index in [1.807, 2.05) is 18.2 Å². The van der Waals surface area contributed by atoms with Crippen LogP contribution in [-0.4, -0.2) is 35.4 Å². The molecule has 1 N–H and O–H groups in total. The van der Waals surface area contributed by atoms with Crippen LogP contribution >= 0.6 is 0 Å². The lowest BCUT2D eigenvalue weighted by Crippen LogP contribution is -2.42. The predicted octanol–water partition coefficient (Wildman–Crippen LogP) is 0.385. The van der Waals surface area contributed by atoms with Gasteiger partial charge < -0.3 is 10.1 Å². The van der Waals surface area contributed by atoms with E-state index in [-0.39, 0.29) is 11.7 Å². The maximum atomic E-state index is 12.2. The second kappa shape index (κ2) is 4.88. The molecule has 5 nitrogen and oxygen atoms in total. The summed E-state index contributed by atoms with van der Waals surface area (Å²) in [6, 6.07) is 7.39. The van der Waals surface area contributed by atoms with E-state index in [1.54, 1.807) is 17.0 Å². The lowest BCUT2D eigenvalue weighted by atomic mass is 10.2. The molecular weight excluding hydrogens is 230 g/mol. The molecular formula is C13H15N3O2. The summed E-state index contributed by atoms with van der Waals surface area (Å²) in [6.07, 6.45) is 1.64. The Hall–Kier alpha value is -1.72. The number of hydrogen-bond acceptors (Lipinski definition) is 4. The van der Waals surface area contributed by atoms with Crippen LogP contribution in [0, 0.1) is 0 Å². The lowest BCUT2D eigenvalue weighted by molar-refractivity contribution is 0.0175. The van der Waals surface area contributed by atoms with Gasteiger partial charge in [0.2, 0.25) is 0 Å². The normalized spacial score (nSPS) is 20.1. The number of nitrogens with one attached hydrogen (secondary N) is 1. The Morgan fingerprint density at radius 3 is 3.17 bits per heavy atom. The summed E-state index contributed by atoms with van der Waals surface area (Å²) in [5.74, 6) is 0. The first-order valence-electron chi connectivity index (χ1n) is 6.11. The van der Waals surface area contributed by atoms with Crippen LogP contribution in [0.25, 0.3) is 10.9 Å². The summed E-state index contributed by atoms with van der Waals surface area (Å²) in [5.41, 5.74) is 0.733. The number of hydrogen-bond donors (Lipinski definition) is 1. The Bertz CT molecular complexity index is 602. The molecule has 0 spiro atoms. The van der Waals surface area contributed by atoms with E-state index >= 15 is 0 Å². The van der Waals surface area contributed by atoms with E-state index in [9.17, 15) is 4.79 Å². The highest BCUT2D eigenvalue weighted by atomic mass is 16.5. The van der Waals surface area contributed by atoms with E-state index in [0.29, 0.717) is 18.5 Å². The second-order valence-corrected chi connectivity index (χ2v) is 4.42. The van der Waals surface area contributed by atoms with Gasteiger partial charge in [0.1, 0.15) is 0 Å². The Kier molecular flexibility index (Phi) is 3.08. The molecule has 1 aliphatic rings. The fraction of sp³-hybridized carbons (Fsp3) is 0.385. The molecule has 2 aromatic rings.